The van der Waals surface area contributed by atoms with Crippen LogP contribution in [0.2, 0.25) is 0 Å². The highest BCUT2D eigenvalue weighted by Crippen LogP contribution is 2.20. The predicted molar refractivity (Wildman–Crippen MR) is 74.6 cm³/mol. The number of carbonyl (C=O) groups excluding carboxylic acids is 1. The lowest BCUT2D eigenvalue weighted by Crippen LogP contribution is -2.15. The van der Waals surface area contributed by atoms with Crippen molar-refractivity contribution in [3.8, 4) is 0 Å². The summed E-state index contributed by atoms with van der Waals surface area (Å²) >= 11 is 0. The zero-order valence-electron chi connectivity index (χ0n) is 10.6. The van der Waals surface area contributed by atoms with E-state index in [1.165, 1.54) is 18.2 Å². The zero-order chi connectivity index (χ0) is 13.8. The van der Waals surface area contributed by atoms with Crippen molar-refractivity contribution in [2.75, 3.05) is 11.1 Å². The second kappa shape index (κ2) is 5.52. The van der Waals surface area contributed by atoms with E-state index in [0.717, 1.165) is 17.7 Å². The van der Waals surface area contributed by atoms with E-state index in [2.05, 4.69) is 5.32 Å². The number of halogens is 1. The van der Waals surface area contributed by atoms with Crippen LogP contribution < -0.4 is 11.1 Å². The molecule has 0 aliphatic rings. The Morgan fingerprint density at radius 3 is 2.68 bits per heavy atom. The molecule has 1 amide bonds. The Morgan fingerprint density at radius 2 is 1.95 bits per heavy atom. The van der Waals surface area contributed by atoms with Crippen molar-refractivity contribution >= 4 is 17.3 Å². The third kappa shape index (κ3) is 2.73. The molecule has 98 valence electrons. The molecule has 0 aromatic heterocycles. The largest absolute Gasteiger partial charge is 0.396 e. The summed E-state index contributed by atoms with van der Waals surface area (Å²) < 4.78 is 13.3. The minimum absolute atomic E-state index is 0.131. The summed E-state index contributed by atoms with van der Waals surface area (Å²) in [6.45, 7) is 2.00. The summed E-state index contributed by atoms with van der Waals surface area (Å²) in [6, 6.07) is 11.7. The summed E-state index contributed by atoms with van der Waals surface area (Å²) in [5.74, 6) is -0.991. The number of benzene rings is 2. The van der Waals surface area contributed by atoms with Gasteiger partial charge in [-0.15, -0.1) is 0 Å². The van der Waals surface area contributed by atoms with Crippen LogP contribution in [0.3, 0.4) is 0 Å². The SMILES string of the molecule is CCc1ccccc1NC(=O)c1cccc(F)c1N. The average molecular weight is 258 g/mol. The van der Waals surface area contributed by atoms with E-state index in [9.17, 15) is 9.18 Å². The molecule has 0 heterocycles. The maximum absolute atomic E-state index is 13.3. The third-order valence-electron chi connectivity index (χ3n) is 2.94. The number of nitrogens with one attached hydrogen (secondary N) is 1. The van der Waals surface area contributed by atoms with Gasteiger partial charge in [0.15, 0.2) is 0 Å². The molecule has 0 saturated carbocycles. The first-order valence-electron chi connectivity index (χ1n) is 6.06. The minimum Gasteiger partial charge on any atom is -0.396 e. The molecule has 3 nitrogen and oxygen atoms in total. The van der Waals surface area contributed by atoms with Crippen LogP contribution in [0.15, 0.2) is 42.5 Å². The van der Waals surface area contributed by atoms with Gasteiger partial charge in [-0.05, 0) is 30.2 Å². The first-order valence-corrected chi connectivity index (χ1v) is 6.06. The van der Waals surface area contributed by atoms with Gasteiger partial charge in [0.25, 0.3) is 5.91 Å². The van der Waals surface area contributed by atoms with Gasteiger partial charge in [0, 0.05) is 5.69 Å². The maximum atomic E-state index is 13.3. The first-order chi connectivity index (χ1) is 9.13. The molecular weight excluding hydrogens is 243 g/mol. The predicted octanol–water partition coefficient (Wildman–Crippen LogP) is 3.22. The Labute approximate surface area is 111 Å². The van der Waals surface area contributed by atoms with Crippen molar-refractivity contribution in [3.05, 3.63) is 59.4 Å². The van der Waals surface area contributed by atoms with Crippen LogP contribution in [0.25, 0.3) is 0 Å². The van der Waals surface area contributed by atoms with Gasteiger partial charge in [-0.3, -0.25) is 4.79 Å². The van der Waals surface area contributed by atoms with Gasteiger partial charge in [-0.25, -0.2) is 4.39 Å². The van der Waals surface area contributed by atoms with Gasteiger partial charge in [0.05, 0.1) is 11.3 Å². The molecule has 3 N–H and O–H groups in total. The van der Waals surface area contributed by atoms with Crippen LogP contribution in [-0.2, 0) is 6.42 Å². The van der Waals surface area contributed by atoms with Crippen molar-refractivity contribution in [2.24, 2.45) is 0 Å². The Bertz CT molecular complexity index is 611. The number of nitrogen functional groups attached to an aromatic ring is 1. The van der Waals surface area contributed by atoms with Crippen LogP contribution in [0.4, 0.5) is 15.8 Å². The molecule has 0 unspecified atom stereocenters. The molecule has 2 aromatic rings. The first kappa shape index (κ1) is 13.1. The van der Waals surface area contributed by atoms with Crippen molar-refractivity contribution in [3.63, 3.8) is 0 Å². The van der Waals surface area contributed by atoms with E-state index >= 15 is 0 Å². The Balaban J connectivity index is 2.28. The molecular formula is C15H15FN2O. The van der Waals surface area contributed by atoms with Gasteiger partial charge in [-0.2, -0.15) is 0 Å². The lowest BCUT2D eigenvalue weighted by Gasteiger charge is -2.11. The molecule has 2 aromatic carbocycles. The monoisotopic (exact) mass is 258 g/mol. The second-order valence-corrected chi connectivity index (χ2v) is 4.17. The summed E-state index contributed by atoms with van der Waals surface area (Å²) in [5, 5.41) is 2.76. The molecule has 0 atom stereocenters. The van der Waals surface area contributed by atoms with E-state index in [1.807, 2.05) is 31.2 Å². The molecule has 0 bridgehead atoms. The number of rotatable bonds is 3. The number of carbonyl (C=O) groups is 1. The molecule has 0 saturated heterocycles. The number of nitrogens with two attached hydrogens (primary N) is 1. The Kier molecular flexibility index (Phi) is 3.80. The van der Waals surface area contributed by atoms with Gasteiger partial charge < -0.3 is 11.1 Å². The molecule has 0 spiro atoms. The summed E-state index contributed by atoms with van der Waals surface area (Å²) in [6.07, 6.45) is 0.801. The lowest BCUT2D eigenvalue weighted by molar-refractivity contribution is 0.102. The number of amides is 1. The molecule has 4 heteroatoms. The third-order valence-corrected chi connectivity index (χ3v) is 2.94. The number of anilines is 2. The van der Waals surface area contributed by atoms with Crippen LogP contribution in [0, 0.1) is 5.82 Å². The van der Waals surface area contributed by atoms with E-state index in [4.69, 9.17) is 5.73 Å². The maximum Gasteiger partial charge on any atom is 0.257 e. The standard InChI is InChI=1S/C15H15FN2O/c1-2-10-6-3-4-9-13(10)18-15(19)11-7-5-8-12(16)14(11)17/h3-9H,2,17H2,1H3,(H,18,19). The smallest absolute Gasteiger partial charge is 0.257 e. The van der Waals surface area contributed by atoms with Crippen LogP contribution >= 0.6 is 0 Å². The van der Waals surface area contributed by atoms with Crippen molar-refractivity contribution in [1.29, 1.82) is 0 Å². The minimum atomic E-state index is -0.587. The second-order valence-electron chi connectivity index (χ2n) is 4.17. The lowest BCUT2D eigenvalue weighted by atomic mass is 10.1. The number of para-hydroxylation sites is 2. The normalized spacial score (nSPS) is 10.2. The molecule has 2 rings (SSSR count). The summed E-state index contributed by atoms with van der Waals surface area (Å²) in [5.41, 5.74) is 7.33. The van der Waals surface area contributed by atoms with Crippen molar-refractivity contribution < 1.29 is 9.18 Å². The van der Waals surface area contributed by atoms with Gasteiger partial charge in [0.1, 0.15) is 5.82 Å². The highest BCUT2D eigenvalue weighted by Gasteiger charge is 2.13. The van der Waals surface area contributed by atoms with Gasteiger partial charge in [-0.1, -0.05) is 31.2 Å². The van der Waals surface area contributed by atoms with Crippen LogP contribution in [0.1, 0.15) is 22.8 Å². The molecule has 0 radical (unpaired) electrons. The summed E-state index contributed by atoms with van der Waals surface area (Å²) in [7, 11) is 0. The fraction of sp³-hybridized carbons (Fsp3) is 0.133. The fourth-order valence-corrected chi connectivity index (χ4v) is 1.88. The van der Waals surface area contributed by atoms with Crippen molar-refractivity contribution in [1.82, 2.24) is 0 Å². The number of hydrogen-bond acceptors (Lipinski definition) is 2. The average Bonchev–Trinajstić information content (AvgIpc) is 2.42. The number of aryl methyl sites for hydroxylation is 1. The van der Waals surface area contributed by atoms with Crippen LogP contribution in [-0.4, -0.2) is 5.91 Å². The highest BCUT2D eigenvalue weighted by molar-refractivity contribution is 6.08. The molecule has 0 aliphatic carbocycles. The van der Waals surface area contributed by atoms with E-state index < -0.39 is 11.7 Å². The summed E-state index contributed by atoms with van der Waals surface area (Å²) in [4.78, 5) is 12.1. The van der Waals surface area contributed by atoms with Crippen LogP contribution in [0.5, 0.6) is 0 Å². The Morgan fingerprint density at radius 1 is 1.21 bits per heavy atom. The van der Waals surface area contributed by atoms with E-state index in [0.29, 0.717) is 0 Å². The molecule has 0 fully saturated rings. The highest BCUT2D eigenvalue weighted by atomic mass is 19.1. The number of hydrogen-bond donors (Lipinski definition) is 2. The van der Waals surface area contributed by atoms with Crippen molar-refractivity contribution in [2.45, 2.75) is 13.3 Å². The fourth-order valence-electron chi connectivity index (χ4n) is 1.88. The molecule has 0 aliphatic heterocycles. The zero-order valence-corrected chi connectivity index (χ0v) is 10.6. The van der Waals surface area contributed by atoms with Gasteiger partial charge >= 0.3 is 0 Å². The molecule has 19 heavy (non-hydrogen) atoms. The van der Waals surface area contributed by atoms with E-state index in [-0.39, 0.29) is 11.3 Å². The Hall–Kier alpha value is -2.36. The topological polar surface area (TPSA) is 55.1 Å². The quantitative estimate of drug-likeness (QED) is 0.830. The van der Waals surface area contributed by atoms with E-state index in [1.54, 1.807) is 0 Å². The van der Waals surface area contributed by atoms with Gasteiger partial charge in [0.2, 0.25) is 0 Å².